The van der Waals surface area contributed by atoms with Crippen LogP contribution in [-0.4, -0.2) is 34.6 Å². The maximum Gasteiger partial charge on any atom is 0.0927 e. The SMILES string of the molecule is CCCN1CCC(O)(c2cccc3ncccc23)CC1. The zero-order valence-electron chi connectivity index (χ0n) is 12.0. The molecule has 1 N–H and O–H groups in total. The van der Waals surface area contributed by atoms with E-state index < -0.39 is 5.60 Å². The van der Waals surface area contributed by atoms with Gasteiger partial charge in [-0.05, 0) is 43.5 Å². The molecule has 0 aliphatic carbocycles. The van der Waals surface area contributed by atoms with E-state index in [1.807, 2.05) is 18.2 Å². The van der Waals surface area contributed by atoms with Crippen LogP contribution in [0.4, 0.5) is 0 Å². The molecule has 0 saturated carbocycles. The third kappa shape index (κ3) is 2.43. The van der Waals surface area contributed by atoms with Gasteiger partial charge in [-0.3, -0.25) is 4.98 Å². The fourth-order valence-corrected chi connectivity index (χ4v) is 3.24. The summed E-state index contributed by atoms with van der Waals surface area (Å²) in [5.74, 6) is 0. The minimum atomic E-state index is -0.702. The summed E-state index contributed by atoms with van der Waals surface area (Å²) in [4.78, 5) is 6.83. The number of fused-ring (bicyclic) bond motifs is 1. The van der Waals surface area contributed by atoms with Crippen molar-refractivity contribution in [2.75, 3.05) is 19.6 Å². The predicted molar refractivity (Wildman–Crippen MR) is 81.6 cm³/mol. The summed E-state index contributed by atoms with van der Waals surface area (Å²) in [6, 6.07) is 10.1. The molecule has 0 radical (unpaired) electrons. The van der Waals surface area contributed by atoms with Gasteiger partial charge in [0.05, 0.1) is 11.1 Å². The monoisotopic (exact) mass is 270 g/mol. The lowest BCUT2D eigenvalue weighted by Crippen LogP contribution is -2.42. The van der Waals surface area contributed by atoms with Gasteiger partial charge >= 0.3 is 0 Å². The molecule has 1 aliphatic heterocycles. The first-order valence-corrected chi connectivity index (χ1v) is 7.52. The van der Waals surface area contributed by atoms with Crippen molar-refractivity contribution in [2.45, 2.75) is 31.8 Å². The van der Waals surface area contributed by atoms with Crippen LogP contribution in [0.2, 0.25) is 0 Å². The molecule has 1 aromatic carbocycles. The Morgan fingerprint density at radius 1 is 1.20 bits per heavy atom. The van der Waals surface area contributed by atoms with Crippen molar-refractivity contribution in [1.29, 1.82) is 0 Å². The summed E-state index contributed by atoms with van der Waals surface area (Å²) in [6.45, 7) is 5.28. The minimum absolute atomic E-state index is 0.702. The van der Waals surface area contributed by atoms with Crippen molar-refractivity contribution in [3.05, 3.63) is 42.1 Å². The van der Waals surface area contributed by atoms with Crippen molar-refractivity contribution in [2.24, 2.45) is 0 Å². The van der Waals surface area contributed by atoms with Crippen LogP contribution in [0.15, 0.2) is 36.5 Å². The zero-order chi connectivity index (χ0) is 14.0. The van der Waals surface area contributed by atoms with Gasteiger partial charge in [0.1, 0.15) is 0 Å². The number of likely N-dealkylation sites (tertiary alicyclic amines) is 1. The number of benzene rings is 1. The fraction of sp³-hybridized carbons (Fsp3) is 0.471. The molecule has 3 heteroatoms. The molecule has 3 nitrogen and oxygen atoms in total. The summed E-state index contributed by atoms with van der Waals surface area (Å²) >= 11 is 0. The normalized spacial score (nSPS) is 19.3. The van der Waals surface area contributed by atoms with Crippen molar-refractivity contribution in [3.8, 4) is 0 Å². The van der Waals surface area contributed by atoms with E-state index in [-0.39, 0.29) is 0 Å². The van der Waals surface area contributed by atoms with Crippen molar-refractivity contribution in [1.82, 2.24) is 9.88 Å². The van der Waals surface area contributed by atoms with Crippen LogP contribution >= 0.6 is 0 Å². The first kappa shape index (κ1) is 13.5. The second-order valence-corrected chi connectivity index (χ2v) is 5.75. The Morgan fingerprint density at radius 3 is 2.75 bits per heavy atom. The molecule has 0 amide bonds. The van der Waals surface area contributed by atoms with Crippen LogP contribution in [-0.2, 0) is 5.60 Å². The summed E-state index contributed by atoms with van der Waals surface area (Å²) in [6.07, 6.45) is 4.60. The molecule has 0 spiro atoms. The summed E-state index contributed by atoms with van der Waals surface area (Å²) in [7, 11) is 0. The van der Waals surface area contributed by atoms with Crippen molar-refractivity contribution in [3.63, 3.8) is 0 Å². The number of rotatable bonds is 3. The van der Waals surface area contributed by atoms with E-state index in [9.17, 15) is 5.11 Å². The minimum Gasteiger partial charge on any atom is -0.385 e. The maximum atomic E-state index is 11.1. The molecule has 0 unspecified atom stereocenters. The Bertz CT molecular complexity index is 583. The maximum absolute atomic E-state index is 11.1. The molecule has 1 aliphatic rings. The van der Waals surface area contributed by atoms with E-state index in [4.69, 9.17) is 0 Å². The molecule has 2 aromatic rings. The van der Waals surface area contributed by atoms with Gasteiger partial charge in [-0.25, -0.2) is 0 Å². The van der Waals surface area contributed by atoms with E-state index in [1.54, 1.807) is 6.20 Å². The summed E-state index contributed by atoms with van der Waals surface area (Å²) in [5, 5.41) is 12.2. The Labute approximate surface area is 120 Å². The average Bonchev–Trinajstić information content (AvgIpc) is 2.49. The second-order valence-electron chi connectivity index (χ2n) is 5.75. The molecule has 0 atom stereocenters. The lowest BCUT2D eigenvalue weighted by atomic mass is 9.82. The molecular weight excluding hydrogens is 248 g/mol. The molecule has 1 saturated heterocycles. The van der Waals surface area contributed by atoms with E-state index in [1.165, 1.54) is 6.42 Å². The molecule has 3 rings (SSSR count). The standard InChI is InChI=1S/C17H22N2O/c1-2-11-19-12-8-17(20,9-13-19)15-6-3-7-16-14(15)5-4-10-18-16/h3-7,10,20H,2,8-9,11-13H2,1H3. The Hall–Kier alpha value is -1.45. The largest absolute Gasteiger partial charge is 0.385 e. The van der Waals surface area contributed by atoms with Gasteiger partial charge in [0.25, 0.3) is 0 Å². The first-order valence-electron chi connectivity index (χ1n) is 7.52. The second kappa shape index (κ2) is 5.51. The van der Waals surface area contributed by atoms with Gasteiger partial charge in [-0.15, -0.1) is 0 Å². The molecule has 2 heterocycles. The van der Waals surface area contributed by atoms with Crippen LogP contribution in [0.3, 0.4) is 0 Å². The van der Waals surface area contributed by atoms with Gasteiger partial charge < -0.3 is 10.0 Å². The van der Waals surface area contributed by atoms with Crippen LogP contribution in [0, 0.1) is 0 Å². The van der Waals surface area contributed by atoms with Crippen LogP contribution < -0.4 is 0 Å². The highest BCUT2D eigenvalue weighted by Gasteiger charge is 2.34. The highest BCUT2D eigenvalue weighted by atomic mass is 16.3. The van der Waals surface area contributed by atoms with Gasteiger partial charge in [-0.1, -0.05) is 25.1 Å². The Kier molecular flexibility index (Phi) is 3.72. The average molecular weight is 270 g/mol. The molecule has 20 heavy (non-hydrogen) atoms. The molecule has 106 valence electrons. The van der Waals surface area contributed by atoms with Crippen LogP contribution in [0.1, 0.15) is 31.7 Å². The van der Waals surface area contributed by atoms with Crippen molar-refractivity contribution < 1.29 is 5.11 Å². The zero-order valence-corrected chi connectivity index (χ0v) is 12.0. The summed E-state index contributed by atoms with van der Waals surface area (Å²) in [5.41, 5.74) is 1.31. The smallest absolute Gasteiger partial charge is 0.0927 e. The number of pyridine rings is 1. The van der Waals surface area contributed by atoms with Gasteiger partial charge in [0, 0.05) is 24.7 Å². The van der Waals surface area contributed by atoms with E-state index in [0.29, 0.717) is 0 Å². The Morgan fingerprint density at radius 2 is 2.00 bits per heavy atom. The van der Waals surface area contributed by atoms with Crippen molar-refractivity contribution >= 4 is 10.9 Å². The topological polar surface area (TPSA) is 36.4 Å². The molecule has 0 bridgehead atoms. The quantitative estimate of drug-likeness (QED) is 0.931. The Balaban J connectivity index is 1.91. The van der Waals surface area contributed by atoms with E-state index in [2.05, 4.69) is 28.9 Å². The molecule has 1 fully saturated rings. The lowest BCUT2D eigenvalue weighted by Gasteiger charge is -2.39. The molecular formula is C17H22N2O. The number of hydrogen-bond donors (Lipinski definition) is 1. The van der Waals surface area contributed by atoms with E-state index >= 15 is 0 Å². The third-order valence-electron chi connectivity index (χ3n) is 4.37. The number of hydrogen-bond acceptors (Lipinski definition) is 3. The predicted octanol–water partition coefficient (Wildman–Crippen LogP) is 2.93. The number of nitrogens with zero attached hydrogens (tertiary/aromatic N) is 2. The number of aliphatic hydroxyl groups is 1. The van der Waals surface area contributed by atoms with Gasteiger partial charge in [-0.2, -0.15) is 0 Å². The first-order chi connectivity index (χ1) is 9.73. The molecule has 1 aromatic heterocycles. The fourth-order valence-electron chi connectivity index (χ4n) is 3.24. The number of piperidine rings is 1. The van der Waals surface area contributed by atoms with E-state index in [0.717, 1.165) is 48.9 Å². The third-order valence-corrected chi connectivity index (χ3v) is 4.37. The lowest BCUT2D eigenvalue weighted by molar-refractivity contribution is -0.0246. The van der Waals surface area contributed by atoms with Gasteiger partial charge in [0.2, 0.25) is 0 Å². The van der Waals surface area contributed by atoms with Gasteiger partial charge in [0.15, 0.2) is 0 Å². The highest BCUT2D eigenvalue weighted by Crippen LogP contribution is 2.36. The highest BCUT2D eigenvalue weighted by molar-refractivity contribution is 5.82. The summed E-state index contributed by atoms with van der Waals surface area (Å²) < 4.78 is 0. The van der Waals surface area contributed by atoms with Crippen LogP contribution in [0.25, 0.3) is 10.9 Å². The number of aromatic nitrogens is 1. The van der Waals surface area contributed by atoms with Crippen LogP contribution in [0.5, 0.6) is 0 Å².